The maximum atomic E-state index is 5.11. The molecule has 0 aliphatic rings. The zero-order valence-corrected chi connectivity index (χ0v) is 35.1. The van der Waals surface area contributed by atoms with Crippen LogP contribution in [0.2, 0.25) is 0 Å². The van der Waals surface area contributed by atoms with Gasteiger partial charge in [-0.05, 0) is 118 Å². The Morgan fingerprint density at radius 3 is 1.21 bits per heavy atom. The molecule has 0 saturated carbocycles. The molecule has 7 aromatic carbocycles. The van der Waals surface area contributed by atoms with E-state index in [-0.39, 0.29) is 0 Å². The smallest absolute Gasteiger partial charge is 0.0715 e. The van der Waals surface area contributed by atoms with Crippen LogP contribution >= 0.6 is 11.3 Å². The van der Waals surface area contributed by atoms with E-state index in [4.69, 9.17) is 9.97 Å². The van der Waals surface area contributed by atoms with Crippen molar-refractivity contribution in [1.29, 1.82) is 0 Å². The van der Waals surface area contributed by atoms with E-state index >= 15 is 0 Å². The molecule has 0 atom stereocenters. The first-order valence-electron chi connectivity index (χ1n) is 21.0. The number of rotatable bonds is 10. The summed E-state index contributed by atoms with van der Waals surface area (Å²) in [4.78, 5) is 10.1. The van der Waals surface area contributed by atoms with E-state index < -0.39 is 0 Å². The standard InChI is InChI=1S/C59H42N2S/c1-2-3-4-5-15-28-52-35-50(38-55(60-52)41-18-9-6-10-19-41)46-26-16-24-44(33-46)48-29-31-58-53(36-48)54-37-49(30-32-59(54)62-58)45-25-17-27-47(34-45)51-39-56(42-20-11-7-12-21-42)61-57(40-51)43-22-13-8-14-23-43/h2-40H,1H3/b3-2-,5-4-,28-15+. The Labute approximate surface area is 367 Å². The highest BCUT2D eigenvalue weighted by Crippen LogP contribution is 2.40. The molecule has 0 N–H and O–H groups in total. The SMILES string of the molecule is C\C=C/C=C\C=C\c1cc(-c2cccc(-c3ccc4sc5ccc(-c6cccc(-c7cc(-c8ccccc8)nc(-c8ccccc8)c7)c6)cc5c4c3)c2)cc(-c2ccccc2)n1. The molecule has 62 heavy (non-hydrogen) atoms. The average Bonchev–Trinajstić information content (AvgIpc) is 3.72. The minimum Gasteiger partial charge on any atom is -0.248 e. The fraction of sp³-hybridized carbons (Fsp3) is 0.0169. The van der Waals surface area contributed by atoms with Crippen molar-refractivity contribution < 1.29 is 0 Å². The Morgan fingerprint density at radius 2 is 0.726 bits per heavy atom. The van der Waals surface area contributed by atoms with Crippen LogP contribution in [0.4, 0.5) is 0 Å². The molecular formula is C59H42N2S. The molecule has 0 fully saturated rings. The lowest BCUT2D eigenvalue weighted by Crippen LogP contribution is -1.91. The molecule has 0 amide bonds. The topological polar surface area (TPSA) is 25.8 Å². The highest BCUT2D eigenvalue weighted by molar-refractivity contribution is 7.25. The molecule has 2 nitrogen and oxygen atoms in total. The first-order chi connectivity index (χ1) is 30.6. The molecule has 0 aliphatic carbocycles. The van der Waals surface area contributed by atoms with Gasteiger partial charge < -0.3 is 0 Å². The van der Waals surface area contributed by atoms with Gasteiger partial charge in [-0.25, -0.2) is 9.97 Å². The minimum absolute atomic E-state index is 0.916. The minimum atomic E-state index is 0.916. The molecule has 294 valence electrons. The summed E-state index contributed by atoms with van der Waals surface area (Å²) in [5.74, 6) is 0. The lowest BCUT2D eigenvalue weighted by atomic mass is 9.95. The summed E-state index contributed by atoms with van der Waals surface area (Å²) in [6, 6.07) is 71.7. The number of fused-ring (bicyclic) bond motifs is 3. The molecule has 10 rings (SSSR count). The number of aromatic nitrogens is 2. The van der Waals surface area contributed by atoms with Gasteiger partial charge in [0.15, 0.2) is 0 Å². The Balaban J connectivity index is 1.00. The number of thiophene rings is 1. The van der Waals surface area contributed by atoms with Crippen molar-refractivity contribution in [2.24, 2.45) is 0 Å². The van der Waals surface area contributed by atoms with E-state index in [0.29, 0.717) is 0 Å². The number of hydrogen-bond acceptors (Lipinski definition) is 3. The number of benzene rings is 7. The second-order valence-electron chi connectivity index (χ2n) is 15.3. The van der Waals surface area contributed by atoms with Crippen LogP contribution in [-0.4, -0.2) is 9.97 Å². The molecule has 10 aromatic rings. The van der Waals surface area contributed by atoms with Crippen molar-refractivity contribution in [2.75, 3.05) is 0 Å². The van der Waals surface area contributed by atoms with Gasteiger partial charge in [0.2, 0.25) is 0 Å². The maximum absolute atomic E-state index is 5.11. The van der Waals surface area contributed by atoms with E-state index in [0.717, 1.165) is 61.7 Å². The quantitative estimate of drug-likeness (QED) is 0.129. The highest BCUT2D eigenvalue weighted by atomic mass is 32.1. The number of pyridine rings is 2. The molecule has 0 radical (unpaired) electrons. The molecule has 0 bridgehead atoms. The number of allylic oxidation sites excluding steroid dienone is 5. The average molecular weight is 811 g/mol. The summed E-state index contributed by atoms with van der Waals surface area (Å²) < 4.78 is 2.57. The van der Waals surface area contributed by atoms with Crippen molar-refractivity contribution in [3.8, 4) is 78.3 Å². The van der Waals surface area contributed by atoms with E-state index in [1.54, 1.807) is 0 Å². The number of hydrogen-bond donors (Lipinski definition) is 0. The van der Waals surface area contributed by atoms with Gasteiger partial charge in [0.25, 0.3) is 0 Å². The summed E-state index contributed by atoms with van der Waals surface area (Å²) in [5, 5.41) is 2.54. The monoisotopic (exact) mass is 810 g/mol. The van der Waals surface area contributed by atoms with Gasteiger partial charge in [-0.3, -0.25) is 0 Å². The van der Waals surface area contributed by atoms with Gasteiger partial charge in [-0.15, -0.1) is 11.3 Å². The van der Waals surface area contributed by atoms with Gasteiger partial charge >= 0.3 is 0 Å². The summed E-state index contributed by atoms with van der Waals surface area (Å²) in [6.07, 6.45) is 12.2. The fourth-order valence-corrected chi connectivity index (χ4v) is 9.13. The lowest BCUT2D eigenvalue weighted by Gasteiger charge is -2.12. The van der Waals surface area contributed by atoms with Crippen LogP contribution in [0, 0.1) is 0 Å². The van der Waals surface area contributed by atoms with Crippen molar-refractivity contribution in [3.05, 3.63) is 236 Å². The van der Waals surface area contributed by atoms with Crippen LogP contribution in [0.15, 0.2) is 231 Å². The van der Waals surface area contributed by atoms with E-state index in [9.17, 15) is 0 Å². The van der Waals surface area contributed by atoms with Gasteiger partial charge in [-0.2, -0.15) is 0 Å². The van der Waals surface area contributed by atoms with Gasteiger partial charge in [0.05, 0.1) is 22.8 Å². The molecule has 0 aliphatic heterocycles. The third kappa shape index (κ3) is 8.23. The van der Waals surface area contributed by atoms with E-state index in [1.165, 1.54) is 42.4 Å². The Bertz CT molecular complexity index is 3230. The molecule has 0 unspecified atom stereocenters. The molecular weight excluding hydrogens is 769 g/mol. The van der Waals surface area contributed by atoms with Gasteiger partial charge in [-0.1, -0.05) is 170 Å². The van der Waals surface area contributed by atoms with Crippen LogP contribution in [-0.2, 0) is 0 Å². The van der Waals surface area contributed by atoms with Crippen molar-refractivity contribution in [1.82, 2.24) is 9.97 Å². The number of nitrogens with zero attached hydrogens (tertiary/aromatic N) is 2. The maximum Gasteiger partial charge on any atom is 0.0715 e. The van der Waals surface area contributed by atoms with Crippen molar-refractivity contribution in [3.63, 3.8) is 0 Å². The molecule has 3 aromatic heterocycles. The third-order valence-corrected chi connectivity index (χ3v) is 12.4. The predicted molar refractivity (Wildman–Crippen MR) is 266 cm³/mol. The highest BCUT2D eigenvalue weighted by Gasteiger charge is 2.13. The lowest BCUT2D eigenvalue weighted by molar-refractivity contribution is 1.29. The Hall–Kier alpha value is -7.72. The van der Waals surface area contributed by atoms with Crippen LogP contribution < -0.4 is 0 Å². The van der Waals surface area contributed by atoms with Crippen molar-refractivity contribution in [2.45, 2.75) is 6.92 Å². The second-order valence-corrected chi connectivity index (χ2v) is 16.4. The summed E-state index contributed by atoms with van der Waals surface area (Å²) in [5.41, 5.74) is 16.4. The van der Waals surface area contributed by atoms with Gasteiger partial charge in [0.1, 0.15) is 0 Å². The molecule has 3 heteroatoms. The predicted octanol–water partition coefficient (Wildman–Crippen LogP) is 16.7. The van der Waals surface area contributed by atoms with E-state index in [1.807, 2.05) is 66.8 Å². The van der Waals surface area contributed by atoms with Gasteiger partial charge in [0, 0.05) is 36.9 Å². The molecule has 0 saturated heterocycles. The first-order valence-corrected chi connectivity index (χ1v) is 21.8. The Kier molecular flexibility index (Phi) is 10.8. The fourth-order valence-electron chi connectivity index (χ4n) is 8.06. The summed E-state index contributed by atoms with van der Waals surface area (Å²) >= 11 is 1.85. The second kappa shape index (κ2) is 17.5. The van der Waals surface area contributed by atoms with Crippen molar-refractivity contribution >= 4 is 37.6 Å². The zero-order valence-electron chi connectivity index (χ0n) is 34.3. The largest absolute Gasteiger partial charge is 0.248 e. The first kappa shape index (κ1) is 38.5. The normalized spacial score (nSPS) is 11.8. The summed E-state index contributed by atoms with van der Waals surface area (Å²) in [6.45, 7) is 2.02. The third-order valence-electron chi connectivity index (χ3n) is 11.2. The van der Waals surface area contributed by atoms with Crippen LogP contribution in [0.3, 0.4) is 0 Å². The van der Waals surface area contributed by atoms with Crippen LogP contribution in [0.25, 0.3) is 105 Å². The van der Waals surface area contributed by atoms with Crippen LogP contribution in [0.1, 0.15) is 12.6 Å². The summed E-state index contributed by atoms with van der Waals surface area (Å²) in [7, 11) is 0. The molecule has 3 heterocycles. The Morgan fingerprint density at radius 1 is 0.323 bits per heavy atom. The zero-order chi connectivity index (χ0) is 41.7. The molecule has 0 spiro atoms. The van der Waals surface area contributed by atoms with Crippen LogP contribution in [0.5, 0.6) is 0 Å². The van der Waals surface area contributed by atoms with E-state index in [2.05, 4.69) is 188 Å².